The summed E-state index contributed by atoms with van der Waals surface area (Å²) in [5.74, 6) is 0.0665. The first kappa shape index (κ1) is 13.7. The number of hydrogen-bond acceptors (Lipinski definition) is 4. The van der Waals surface area contributed by atoms with E-state index in [4.69, 9.17) is 0 Å². The standard InChI is InChI=1S/C12H16N4O2S/c1-3-19(17,18)14-9-11-8-12(16(2)15-11)10-4-6-13-7-5-10/h4-8,14H,3,9H2,1-2H3. The fraction of sp³-hybridized carbons (Fsp3) is 0.333. The van der Waals surface area contributed by atoms with E-state index in [2.05, 4.69) is 14.8 Å². The molecule has 6 nitrogen and oxygen atoms in total. The molecule has 0 saturated carbocycles. The lowest BCUT2D eigenvalue weighted by Crippen LogP contribution is -2.24. The number of hydrogen-bond donors (Lipinski definition) is 1. The fourth-order valence-corrected chi connectivity index (χ4v) is 2.26. The summed E-state index contributed by atoms with van der Waals surface area (Å²) >= 11 is 0. The summed E-state index contributed by atoms with van der Waals surface area (Å²) in [6.07, 6.45) is 3.42. The number of pyridine rings is 1. The Morgan fingerprint density at radius 3 is 2.63 bits per heavy atom. The van der Waals surface area contributed by atoms with Crippen molar-refractivity contribution in [2.24, 2.45) is 7.05 Å². The zero-order chi connectivity index (χ0) is 13.9. The molecule has 0 aliphatic rings. The van der Waals surface area contributed by atoms with Crippen LogP contribution in [0.2, 0.25) is 0 Å². The molecule has 0 unspecified atom stereocenters. The van der Waals surface area contributed by atoms with E-state index in [1.807, 2.05) is 25.2 Å². The predicted octanol–water partition coefficient (Wildman–Crippen LogP) is 0.921. The number of nitrogens with one attached hydrogen (secondary N) is 1. The topological polar surface area (TPSA) is 76.9 Å². The van der Waals surface area contributed by atoms with Gasteiger partial charge in [-0.15, -0.1) is 0 Å². The Hall–Kier alpha value is -1.73. The molecule has 0 spiro atoms. The van der Waals surface area contributed by atoms with Crippen LogP contribution in [-0.2, 0) is 23.6 Å². The van der Waals surface area contributed by atoms with Crippen LogP contribution in [-0.4, -0.2) is 28.9 Å². The van der Waals surface area contributed by atoms with Crippen molar-refractivity contribution in [2.75, 3.05) is 5.75 Å². The molecule has 1 N–H and O–H groups in total. The first-order valence-electron chi connectivity index (χ1n) is 5.92. The van der Waals surface area contributed by atoms with E-state index in [0.717, 1.165) is 11.3 Å². The molecule has 102 valence electrons. The van der Waals surface area contributed by atoms with Crippen molar-refractivity contribution < 1.29 is 8.42 Å². The third kappa shape index (κ3) is 3.39. The van der Waals surface area contributed by atoms with Gasteiger partial charge >= 0.3 is 0 Å². The Labute approximate surface area is 112 Å². The highest BCUT2D eigenvalue weighted by Crippen LogP contribution is 2.18. The smallest absolute Gasteiger partial charge is 0.211 e. The van der Waals surface area contributed by atoms with Crippen LogP contribution in [0.1, 0.15) is 12.6 Å². The molecule has 19 heavy (non-hydrogen) atoms. The number of sulfonamides is 1. The molecular weight excluding hydrogens is 264 g/mol. The summed E-state index contributed by atoms with van der Waals surface area (Å²) in [7, 11) is -1.37. The molecule has 0 aromatic carbocycles. The van der Waals surface area contributed by atoms with Crippen LogP contribution in [0.15, 0.2) is 30.6 Å². The molecule has 0 radical (unpaired) electrons. The van der Waals surface area contributed by atoms with Crippen LogP contribution in [0.25, 0.3) is 11.3 Å². The molecular formula is C12H16N4O2S. The second-order valence-electron chi connectivity index (χ2n) is 4.10. The SMILES string of the molecule is CCS(=O)(=O)NCc1cc(-c2ccncc2)n(C)n1. The van der Waals surface area contributed by atoms with Gasteiger partial charge in [-0.3, -0.25) is 9.67 Å². The maximum Gasteiger partial charge on any atom is 0.211 e. The number of aromatic nitrogens is 3. The van der Waals surface area contributed by atoms with Crippen molar-refractivity contribution in [3.05, 3.63) is 36.3 Å². The van der Waals surface area contributed by atoms with Gasteiger partial charge in [0, 0.05) is 25.0 Å². The van der Waals surface area contributed by atoms with Crippen LogP contribution >= 0.6 is 0 Å². The minimum atomic E-state index is -3.20. The molecule has 2 rings (SSSR count). The van der Waals surface area contributed by atoms with E-state index in [9.17, 15) is 8.42 Å². The maximum atomic E-state index is 11.4. The summed E-state index contributed by atoms with van der Waals surface area (Å²) in [6, 6.07) is 5.64. The van der Waals surface area contributed by atoms with E-state index in [0.29, 0.717) is 5.69 Å². The van der Waals surface area contributed by atoms with Gasteiger partial charge in [0.1, 0.15) is 0 Å². The summed E-state index contributed by atoms with van der Waals surface area (Å²) in [5, 5.41) is 4.29. The van der Waals surface area contributed by atoms with Crippen molar-refractivity contribution in [3.8, 4) is 11.3 Å². The average molecular weight is 280 g/mol. The molecule has 0 bridgehead atoms. The lowest BCUT2D eigenvalue weighted by atomic mass is 10.2. The minimum Gasteiger partial charge on any atom is -0.268 e. The van der Waals surface area contributed by atoms with Gasteiger partial charge in [0.05, 0.1) is 23.7 Å². The normalized spacial score (nSPS) is 11.7. The Morgan fingerprint density at radius 1 is 1.32 bits per heavy atom. The third-order valence-corrected chi connectivity index (χ3v) is 4.10. The second kappa shape index (κ2) is 5.50. The molecule has 0 saturated heterocycles. The molecule has 0 aliphatic carbocycles. The third-order valence-electron chi connectivity index (χ3n) is 2.76. The van der Waals surface area contributed by atoms with Gasteiger partial charge in [0.2, 0.25) is 10.0 Å². The van der Waals surface area contributed by atoms with E-state index in [-0.39, 0.29) is 12.3 Å². The number of rotatable bonds is 5. The molecule has 7 heteroatoms. The van der Waals surface area contributed by atoms with Crippen LogP contribution in [0.4, 0.5) is 0 Å². The second-order valence-corrected chi connectivity index (χ2v) is 6.20. The van der Waals surface area contributed by atoms with Crippen LogP contribution in [0, 0.1) is 0 Å². The van der Waals surface area contributed by atoms with Gasteiger partial charge in [-0.1, -0.05) is 0 Å². The van der Waals surface area contributed by atoms with Crippen molar-refractivity contribution >= 4 is 10.0 Å². The fourth-order valence-electron chi connectivity index (χ4n) is 1.69. The summed E-state index contributed by atoms with van der Waals surface area (Å²) in [4.78, 5) is 3.97. The minimum absolute atomic E-state index is 0.0665. The lowest BCUT2D eigenvalue weighted by molar-refractivity contribution is 0.581. The first-order valence-corrected chi connectivity index (χ1v) is 7.57. The monoisotopic (exact) mass is 280 g/mol. The van der Waals surface area contributed by atoms with Gasteiger partial charge in [-0.2, -0.15) is 5.10 Å². The van der Waals surface area contributed by atoms with Gasteiger partial charge in [0.25, 0.3) is 0 Å². The van der Waals surface area contributed by atoms with Crippen molar-refractivity contribution in [1.82, 2.24) is 19.5 Å². The molecule has 0 aliphatic heterocycles. The number of nitrogens with zero attached hydrogens (tertiary/aromatic N) is 3. The van der Waals surface area contributed by atoms with E-state index < -0.39 is 10.0 Å². The largest absolute Gasteiger partial charge is 0.268 e. The van der Waals surface area contributed by atoms with Crippen LogP contribution in [0.5, 0.6) is 0 Å². The Kier molecular flexibility index (Phi) is 3.96. The molecule has 2 aromatic rings. The molecule has 0 fully saturated rings. The highest BCUT2D eigenvalue weighted by Gasteiger charge is 2.10. The van der Waals surface area contributed by atoms with E-state index in [1.165, 1.54) is 0 Å². The molecule has 0 amide bonds. The number of aryl methyl sites for hydroxylation is 1. The maximum absolute atomic E-state index is 11.4. The average Bonchev–Trinajstić information content (AvgIpc) is 2.79. The molecule has 0 atom stereocenters. The Balaban J connectivity index is 2.18. The van der Waals surface area contributed by atoms with Crippen LogP contribution < -0.4 is 4.72 Å². The molecule has 2 aromatic heterocycles. The quantitative estimate of drug-likeness (QED) is 0.883. The zero-order valence-electron chi connectivity index (χ0n) is 10.9. The lowest BCUT2D eigenvalue weighted by Gasteiger charge is -2.00. The van der Waals surface area contributed by atoms with Gasteiger partial charge in [0.15, 0.2) is 0 Å². The molecule has 2 heterocycles. The summed E-state index contributed by atoms with van der Waals surface area (Å²) < 4.78 is 27.0. The van der Waals surface area contributed by atoms with Gasteiger partial charge < -0.3 is 0 Å². The zero-order valence-corrected chi connectivity index (χ0v) is 11.7. The van der Waals surface area contributed by atoms with Crippen molar-refractivity contribution in [3.63, 3.8) is 0 Å². The summed E-state index contributed by atoms with van der Waals surface area (Å²) in [6.45, 7) is 1.80. The highest BCUT2D eigenvalue weighted by atomic mass is 32.2. The predicted molar refractivity (Wildman–Crippen MR) is 72.7 cm³/mol. The van der Waals surface area contributed by atoms with Gasteiger partial charge in [-0.25, -0.2) is 13.1 Å². The van der Waals surface area contributed by atoms with Crippen LogP contribution in [0.3, 0.4) is 0 Å². The first-order chi connectivity index (χ1) is 9.02. The van der Waals surface area contributed by atoms with E-state index in [1.54, 1.807) is 24.0 Å². The summed E-state index contributed by atoms with van der Waals surface area (Å²) in [5.41, 5.74) is 2.61. The Bertz CT molecular complexity index is 650. The highest BCUT2D eigenvalue weighted by molar-refractivity contribution is 7.89. The van der Waals surface area contributed by atoms with E-state index >= 15 is 0 Å². The van der Waals surface area contributed by atoms with Crippen molar-refractivity contribution in [2.45, 2.75) is 13.5 Å². The van der Waals surface area contributed by atoms with Gasteiger partial charge in [-0.05, 0) is 25.1 Å². The Morgan fingerprint density at radius 2 is 2.00 bits per heavy atom. The van der Waals surface area contributed by atoms with Crippen molar-refractivity contribution in [1.29, 1.82) is 0 Å².